The molecule has 0 aliphatic rings. The van der Waals surface area contributed by atoms with Gasteiger partial charge in [-0.1, -0.05) is 42.5 Å². The third kappa shape index (κ3) is 3.33. The van der Waals surface area contributed by atoms with Crippen LogP contribution < -0.4 is 4.74 Å². The number of carboxylic acids is 1. The van der Waals surface area contributed by atoms with Gasteiger partial charge in [-0.3, -0.25) is 0 Å². The van der Waals surface area contributed by atoms with E-state index in [4.69, 9.17) is 9.84 Å². The Morgan fingerprint density at radius 3 is 2.27 bits per heavy atom. The van der Waals surface area contributed by atoms with Gasteiger partial charge in [0.15, 0.2) is 0 Å². The third-order valence-corrected chi connectivity index (χ3v) is 3.26. The number of aliphatic carboxylic acids is 1. The van der Waals surface area contributed by atoms with Crippen molar-refractivity contribution in [2.75, 3.05) is 0 Å². The third-order valence-electron chi connectivity index (χ3n) is 3.26. The zero-order chi connectivity index (χ0) is 15.4. The molecule has 0 amide bonds. The van der Waals surface area contributed by atoms with Gasteiger partial charge in [0.2, 0.25) is 0 Å². The number of carboxylic acid groups (broad SMARTS) is 1. The molecule has 0 aromatic heterocycles. The van der Waals surface area contributed by atoms with Crippen molar-refractivity contribution in [3.63, 3.8) is 0 Å². The average molecular weight is 290 g/mol. The fourth-order valence-corrected chi connectivity index (χ4v) is 2.18. The smallest absolute Gasteiger partial charge is 0.328 e. The average Bonchev–Trinajstić information content (AvgIpc) is 2.54. The molecule has 3 aromatic carbocycles. The van der Waals surface area contributed by atoms with Gasteiger partial charge < -0.3 is 9.84 Å². The van der Waals surface area contributed by atoms with Crippen LogP contribution in [0.2, 0.25) is 0 Å². The summed E-state index contributed by atoms with van der Waals surface area (Å²) in [6, 6.07) is 21.3. The zero-order valence-electron chi connectivity index (χ0n) is 11.8. The number of carbonyl (C=O) groups is 1. The normalized spacial score (nSPS) is 10.9. The summed E-state index contributed by atoms with van der Waals surface area (Å²) in [6.45, 7) is 0. The maximum atomic E-state index is 10.5. The molecule has 0 aliphatic heterocycles. The van der Waals surface area contributed by atoms with Crippen molar-refractivity contribution in [3.05, 3.63) is 78.4 Å². The Bertz CT molecular complexity index is 833. The van der Waals surface area contributed by atoms with Crippen LogP contribution in [0.15, 0.2) is 72.8 Å². The first kappa shape index (κ1) is 13.9. The zero-order valence-corrected chi connectivity index (χ0v) is 11.8. The molecule has 3 aromatic rings. The van der Waals surface area contributed by atoms with E-state index in [1.54, 1.807) is 6.08 Å². The van der Waals surface area contributed by atoms with E-state index in [2.05, 4.69) is 6.07 Å². The Morgan fingerprint density at radius 2 is 1.55 bits per heavy atom. The Balaban J connectivity index is 1.78. The van der Waals surface area contributed by atoms with E-state index in [1.165, 1.54) is 5.39 Å². The second-order valence-corrected chi connectivity index (χ2v) is 4.85. The van der Waals surface area contributed by atoms with E-state index >= 15 is 0 Å². The Morgan fingerprint density at radius 1 is 0.864 bits per heavy atom. The first-order valence-electron chi connectivity index (χ1n) is 6.88. The molecule has 1 N–H and O–H groups in total. The van der Waals surface area contributed by atoms with E-state index in [1.807, 2.05) is 60.7 Å². The van der Waals surface area contributed by atoms with E-state index in [0.29, 0.717) is 5.75 Å². The highest BCUT2D eigenvalue weighted by Crippen LogP contribution is 2.26. The standard InChI is InChI=1S/C19H14O3/c20-19(21)12-7-14-5-9-17(10-6-14)22-18-11-8-15-3-1-2-4-16(15)13-18/h1-13H,(H,20,21)/b12-7+. The van der Waals surface area contributed by atoms with Crippen LogP contribution in [-0.2, 0) is 4.79 Å². The van der Waals surface area contributed by atoms with Gasteiger partial charge in [-0.15, -0.1) is 0 Å². The SMILES string of the molecule is O=C(O)/C=C/c1ccc(Oc2ccc3ccccc3c2)cc1. The first-order chi connectivity index (χ1) is 10.7. The lowest BCUT2D eigenvalue weighted by molar-refractivity contribution is -0.131. The second kappa shape index (κ2) is 6.14. The van der Waals surface area contributed by atoms with Gasteiger partial charge in [0, 0.05) is 6.08 Å². The van der Waals surface area contributed by atoms with Crippen LogP contribution in [0, 0.1) is 0 Å². The summed E-state index contributed by atoms with van der Waals surface area (Å²) >= 11 is 0. The lowest BCUT2D eigenvalue weighted by Gasteiger charge is -2.07. The summed E-state index contributed by atoms with van der Waals surface area (Å²) < 4.78 is 5.83. The van der Waals surface area contributed by atoms with Gasteiger partial charge in [0.25, 0.3) is 0 Å². The molecule has 3 heteroatoms. The van der Waals surface area contributed by atoms with Gasteiger partial charge in [-0.25, -0.2) is 4.79 Å². The number of benzene rings is 3. The van der Waals surface area contributed by atoms with Crippen molar-refractivity contribution in [1.29, 1.82) is 0 Å². The maximum absolute atomic E-state index is 10.5. The van der Waals surface area contributed by atoms with Crippen LogP contribution in [0.1, 0.15) is 5.56 Å². The predicted octanol–water partition coefficient (Wildman–Crippen LogP) is 4.73. The maximum Gasteiger partial charge on any atom is 0.328 e. The summed E-state index contributed by atoms with van der Waals surface area (Å²) in [6.07, 6.45) is 2.65. The van der Waals surface area contributed by atoms with Gasteiger partial charge in [0.1, 0.15) is 11.5 Å². The molecule has 0 atom stereocenters. The van der Waals surface area contributed by atoms with E-state index in [0.717, 1.165) is 22.8 Å². The van der Waals surface area contributed by atoms with Crippen molar-refractivity contribution in [3.8, 4) is 11.5 Å². The van der Waals surface area contributed by atoms with Crippen molar-refractivity contribution in [2.24, 2.45) is 0 Å². The van der Waals surface area contributed by atoms with Gasteiger partial charge in [-0.2, -0.15) is 0 Å². The van der Waals surface area contributed by atoms with Crippen molar-refractivity contribution in [1.82, 2.24) is 0 Å². The van der Waals surface area contributed by atoms with Gasteiger partial charge in [0.05, 0.1) is 0 Å². The molecule has 3 nitrogen and oxygen atoms in total. The molecule has 0 fully saturated rings. The molecule has 0 heterocycles. The number of hydrogen-bond donors (Lipinski definition) is 1. The molecule has 0 bridgehead atoms. The number of ether oxygens (including phenoxy) is 1. The lowest BCUT2D eigenvalue weighted by atomic mass is 10.1. The predicted molar refractivity (Wildman–Crippen MR) is 87.1 cm³/mol. The largest absolute Gasteiger partial charge is 0.478 e. The highest BCUT2D eigenvalue weighted by Gasteiger charge is 1.99. The molecule has 0 aliphatic carbocycles. The molecule has 108 valence electrons. The van der Waals surface area contributed by atoms with Crippen LogP contribution in [0.25, 0.3) is 16.8 Å². The van der Waals surface area contributed by atoms with Crippen LogP contribution >= 0.6 is 0 Å². The molecule has 0 spiro atoms. The van der Waals surface area contributed by atoms with Crippen molar-refractivity contribution < 1.29 is 14.6 Å². The van der Waals surface area contributed by atoms with Crippen molar-refractivity contribution >= 4 is 22.8 Å². The molecule has 0 saturated heterocycles. The summed E-state index contributed by atoms with van der Waals surface area (Å²) in [5.74, 6) is 0.520. The highest BCUT2D eigenvalue weighted by atomic mass is 16.5. The highest BCUT2D eigenvalue weighted by molar-refractivity contribution is 5.85. The van der Waals surface area contributed by atoms with Crippen LogP contribution in [-0.4, -0.2) is 11.1 Å². The molecular weight excluding hydrogens is 276 g/mol. The van der Waals surface area contributed by atoms with E-state index < -0.39 is 5.97 Å². The van der Waals surface area contributed by atoms with Crippen LogP contribution in [0.5, 0.6) is 11.5 Å². The Hall–Kier alpha value is -3.07. The molecule has 0 saturated carbocycles. The fourth-order valence-electron chi connectivity index (χ4n) is 2.18. The molecular formula is C19H14O3. The molecule has 3 rings (SSSR count). The fraction of sp³-hybridized carbons (Fsp3) is 0. The van der Waals surface area contributed by atoms with Crippen LogP contribution in [0.3, 0.4) is 0 Å². The number of fused-ring (bicyclic) bond motifs is 1. The van der Waals surface area contributed by atoms with E-state index in [9.17, 15) is 4.79 Å². The van der Waals surface area contributed by atoms with Crippen LogP contribution in [0.4, 0.5) is 0 Å². The second-order valence-electron chi connectivity index (χ2n) is 4.85. The minimum Gasteiger partial charge on any atom is -0.478 e. The quantitative estimate of drug-likeness (QED) is 0.706. The lowest BCUT2D eigenvalue weighted by Crippen LogP contribution is -1.86. The van der Waals surface area contributed by atoms with E-state index in [-0.39, 0.29) is 0 Å². The van der Waals surface area contributed by atoms with Gasteiger partial charge in [-0.05, 0) is 46.7 Å². The molecule has 0 radical (unpaired) electrons. The Labute approximate surface area is 128 Å². The topological polar surface area (TPSA) is 46.5 Å². The van der Waals surface area contributed by atoms with Gasteiger partial charge >= 0.3 is 5.97 Å². The summed E-state index contributed by atoms with van der Waals surface area (Å²) in [5, 5.41) is 10.9. The van der Waals surface area contributed by atoms with Crippen molar-refractivity contribution in [2.45, 2.75) is 0 Å². The Kier molecular flexibility index (Phi) is 3.88. The summed E-state index contributed by atoms with van der Waals surface area (Å²) in [5.41, 5.74) is 0.813. The monoisotopic (exact) mass is 290 g/mol. The molecule has 0 unspecified atom stereocenters. The molecule has 22 heavy (non-hydrogen) atoms. The summed E-state index contributed by atoms with van der Waals surface area (Å²) in [7, 11) is 0. The first-order valence-corrected chi connectivity index (χ1v) is 6.88. The number of rotatable bonds is 4. The summed E-state index contributed by atoms with van der Waals surface area (Å²) in [4.78, 5) is 10.5. The number of hydrogen-bond acceptors (Lipinski definition) is 2. The minimum absolute atomic E-state index is 0.711. The minimum atomic E-state index is -0.962.